The van der Waals surface area contributed by atoms with Crippen LogP contribution in [-0.4, -0.2) is 14.8 Å². The van der Waals surface area contributed by atoms with E-state index >= 15 is 0 Å². The molecule has 3 aromatic heterocycles. The Morgan fingerprint density at radius 1 is 1.10 bits per heavy atom. The summed E-state index contributed by atoms with van der Waals surface area (Å²) in [6.07, 6.45) is 1.65. The van der Waals surface area contributed by atoms with Crippen molar-refractivity contribution in [2.24, 2.45) is 7.05 Å². The average molecular weight is 403 g/mol. The first-order chi connectivity index (χ1) is 14.1. The Hall–Kier alpha value is -3.32. The monoisotopic (exact) mass is 403 g/mol. The van der Waals surface area contributed by atoms with Crippen molar-refractivity contribution in [3.05, 3.63) is 76.5 Å². The highest BCUT2D eigenvalue weighted by Crippen LogP contribution is 2.32. The summed E-state index contributed by atoms with van der Waals surface area (Å²) in [6, 6.07) is 15.4. The number of rotatable bonds is 4. The molecule has 144 valence electrons. The molecular weight excluding hydrogens is 386 g/mol. The number of aromatic nitrogens is 3. The van der Waals surface area contributed by atoms with Crippen LogP contribution < -0.4 is 5.63 Å². The van der Waals surface area contributed by atoms with Crippen molar-refractivity contribution in [2.45, 2.75) is 17.8 Å². The third-order valence-corrected chi connectivity index (χ3v) is 6.07. The smallest absolute Gasteiger partial charge is 0.336 e. The van der Waals surface area contributed by atoms with Gasteiger partial charge in [0.15, 0.2) is 11.0 Å². The summed E-state index contributed by atoms with van der Waals surface area (Å²) < 4.78 is 12.8. The summed E-state index contributed by atoms with van der Waals surface area (Å²) in [7, 11) is 1.93. The zero-order valence-electron chi connectivity index (χ0n) is 15.9. The third-order valence-electron chi connectivity index (χ3n) is 5.01. The molecule has 0 fully saturated rings. The van der Waals surface area contributed by atoms with Crippen LogP contribution in [0, 0.1) is 6.92 Å². The Labute approximate surface area is 170 Å². The molecule has 0 unspecified atom stereocenters. The highest BCUT2D eigenvalue weighted by Gasteiger charge is 2.16. The van der Waals surface area contributed by atoms with Crippen LogP contribution in [0.5, 0.6) is 0 Å². The topological polar surface area (TPSA) is 74.1 Å². The molecule has 2 aromatic carbocycles. The molecule has 0 saturated carbocycles. The van der Waals surface area contributed by atoms with Gasteiger partial charge in [0.25, 0.3) is 0 Å². The lowest BCUT2D eigenvalue weighted by Crippen LogP contribution is -2.01. The molecule has 5 rings (SSSR count). The van der Waals surface area contributed by atoms with Gasteiger partial charge in [-0.25, -0.2) is 4.79 Å². The summed E-state index contributed by atoms with van der Waals surface area (Å²) in [6.45, 7) is 1.90. The maximum absolute atomic E-state index is 12.1. The molecule has 0 atom stereocenters. The predicted molar refractivity (Wildman–Crippen MR) is 113 cm³/mol. The molecule has 3 heterocycles. The van der Waals surface area contributed by atoms with Gasteiger partial charge in [0.2, 0.25) is 0 Å². The van der Waals surface area contributed by atoms with Crippen molar-refractivity contribution in [1.29, 1.82) is 0 Å². The zero-order chi connectivity index (χ0) is 20.0. The summed E-state index contributed by atoms with van der Waals surface area (Å²) in [5.74, 6) is 2.13. The van der Waals surface area contributed by atoms with E-state index in [1.807, 2.05) is 54.9 Å². The lowest BCUT2D eigenvalue weighted by Gasteiger charge is -2.08. The molecule has 0 spiro atoms. The Morgan fingerprint density at radius 3 is 2.79 bits per heavy atom. The van der Waals surface area contributed by atoms with Gasteiger partial charge in [-0.15, -0.1) is 10.2 Å². The average Bonchev–Trinajstić information content (AvgIpc) is 3.30. The highest BCUT2D eigenvalue weighted by atomic mass is 32.2. The molecular formula is C22H17N3O3S. The van der Waals surface area contributed by atoms with Crippen molar-refractivity contribution >= 4 is 33.5 Å². The van der Waals surface area contributed by atoms with E-state index in [0.717, 1.165) is 44.0 Å². The molecule has 0 radical (unpaired) electrons. The number of nitrogens with zero attached hydrogens (tertiary/aromatic N) is 3. The number of furan rings is 1. The van der Waals surface area contributed by atoms with Crippen LogP contribution in [0.15, 0.2) is 73.6 Å². The molecule has 0 amide bonds. The molecule has 0 aliphatic rings. The number of thioether (sulfide) groups is 1. The minimum Gasteiger partial charge on any atom is -0.469 e. The van der Waals surface area contributed by atoms with Gasteiger partial charge in [-0.1, -0.05) is 42.1 Å². The first-order valence-corrected chi connectivity index (χ1v) is 10.1. The second kappa shape index (κ2) is 6.93. The summed E-state index contributed by atoms with van der Waals surface area (Å²) in [5.41, 5.74) is 2.08. The Morgan fingerprint density at radius 2 is 1.97 bits per heavy atom. The maximum atomic E-state index is 12.1. The summed E-state index contributed by atoms with van der Waals surface area (Å²) in [4.78, 5) is 12.1. The van der Waals surface area contributed by atoms with E-state index < -0.39 is 0 Å². The molecule has 0 aliphatic carbocycles. The van der Waals surface area contributed by atoms with Crippen LogP contribution >= 0.6 is 11.8 Å². The van der Waals surface area contributed by atoms with Gasteiger partial charge >= 0.3 is 5.63 Å². The van der Waals surface area contributed by atoms with E-state index in [2.05, 4.69) is 16.3 Å². The SMILES string of the molecule is Cc1occc1-c1nnc(SCc2cc(=O)oc3ccc4ccccc4c23)n1C. The molecule has 0 saturated heterocycles. The molecule has 0 aliphatic heterocycles. The van der Waals surface area contributed by atoms with E-state index in [0.29, 0.717) is 11.3 Å². The van der Waals surface area contributed by atoms with Crippen molar-refractivity contribution in [3.8, 4) is 11.4 Å². The van der Waals surface area contributed by atoms with E-state index in [-0.39, 0.29) is 5.63 Å². The fraction of sp³-hybridized carbons (Fsp3) is 0.136. The lowest BCUT2D eigenvalue weighted by atomic mass is 10.0. The van der Waals surface area contributed by atoms with Gasteiger partial charge in [-0.2, -0.15) is 0 Å². The predicted octanol–water partition coefficient (Wildman–Crippen LogP) is 4.94. The van der Waals surface area contributed by atoms with Crippen LogP contribution in [0.4, 0.5) is 0 Å². The Kier molecular flexibility index (Phi) is 4.24. The first kappa shape index (κ1) is 17.8. The second-order valence-corrected chi connectivity index (χ2v) is 7.74. The molecule has 0 bridgehead atoms. The van der Waals surface area contributed by atoms with Gasteiger partial charge < -0.3 is 13.4 Å². The minimum atomic E-state index is -0.351. The number of fused-ring (bicyclic) bond motifs is 3. The van der Waals surface area contributed by atoms with Gasteiger partial charge in [-0.05, 0) is 35.4 Å². The van der Waals surface area contributed by atoms with Crippen LogP contribution in [0.2, 0.25) is 0 Å². The number of benzene rings is 2. The molecule has 5 aromatic rings. The van der Waals surface area contributed by atoms with Gasteiger partial charge in [-0.3, -0.25) is 0 Å². The number of hydrogen-bond donors (Lipinski definition) is 0. The number of aryl methyl sites for hydroxylation is 1. The van der Waals surface area contributed by atoms with Crippen LogP contribution in [-0.2, 0) is 12.8 Å². The fourth-order valence-corrected chi connectivity index (χ4v) is 4.46. The first-order valence-electron chi connectivity index (χ1n) is 9.13. The second-order valence-electron chi connectivity index (χ2n) is 6.79. The van der Waals surface area contributed by atoms with E-state index in [1.165, 1.54) is 11.8 Å². The quantitative estimate of drug-likeness (QED) is 0.240. The van der Waals surface area contributed by atoms with E-state index in [4.69, 9.17) is 8.83 Å². The van der Waals surface area contributed by atoms with E-state index in [1.54, 1.807) is 12.3 Å². The van der Waals surface area contributed by atoms with Crippen molar-refractivity contribution in [3.63, 3.8) is 0 Å². The van der Waals surface area contributed by atoms with Crippen molar-refractivity contribution in [2.75, 3.05) is 0 Å². The number of hydrogen-bond acceptors (Lipinski definition) is 6. The molecule has 6 nitrogen and oxygen atoms in total. The van der Waals surface area contributed by atoms with Crippen LogP contribution in [0.3, 0.4) is 0 Å². The standard InChI is InChI=1S/C22H17N3O3S/c1-13-16(9-10-27-13)21-23-24-22(25(21)2)29-12-15-11-19(26)28-18-8-7-14-5-3-4-6-17(14)20(15)18/h3-11H,12H2,1-2H3. The van der Waals surface area contributed by atoms with Gasteiger partial charge in [0.05, 0.1) is 11.8 Å². The summed E-state index contributed by atoms with van der Waals surface area (Å²) >= 11 is 1.53. The maximum Gasteiger partial charge on any atom is 0.336 e. The molecule has 7 heteroatoms. The van der Waals surface area contributed by atoms with Crippen LogP contribution in [0.1, 0.15) is 11.3 Å². The Balaban J connectivity index is 1.55. The normalized spacial score (nSPS) is 11.5. The zero-order valence-corrected chi connectivity index (χ0v) is 16.7. The van der Waals surface area contributed by atoms with Crippen molar-refractivity contribution < 1.29 is 8.83 Å². The third kappa shape index (κ3) is 3.03. The van der Waals surface area contributed by atoms with Crippen LogP contribution in [0.25, 0.3) is 33.1 Å². The van der Waals surface area contributed by atoms with Crippen molar-refractivity contribution in [1.82, 2.24) is 14.8 Å². The molecule has 0 N–H and O–H groups in total. The lowest BCUT2D eigenvalue weighted by molar-refractivity contribution is 0.534. The summed E-state index contributed by atoms with van der Waals surface area (Å²) in [5, 5.41) is 12.5. The van der Waals surface area contributed by atoms with Gasteiger partial charge in [0, 0.05) is 24.3 Å². The van der Waals surface area contributed by atoms with E-state index in [9.17, 15) is 4.79 Å². The highest BCUT2D eigenvalue weighted by molar-refractivity contribution is 7.98. The fourth-order valence-electron chi connectivity index (χ4n) is 3.57. The van der Waals surface area contributed by atoms with Gasteiger partial charge in [0.1, 0.15) is 11.3 Å². The largest absolute Gasteiger partial charge is 0.469 e. The Bertz CT molecular complexity index is 1410. The minimum absolute atomic E-state index is 0.351. The molecule has 29 heavy (non-hydrogen) atoms.